The Hall–Kier alpha value is -2.52. The molecule has 0 aliphatic carbocycles. The van der Waals surface area contributed by atoms with Crippen molar-refractivity contribution < 1.29 is 0 Å². The molecule has 122 valence electrons. The fourth-order valence-corrected chi connectivity index (χ4v) is 4.89. The zero-order chi connectivity index (χ0) is 17.2. The molecule has 0 saturated heterocycles. The smallest absolute Gasteiger partial charge is 0.116 e. The first-order valence-corrected chi connectivity index (χ1v) is 9.33. The third-order valence-electron chi connectivity index (χ3n) is 4.96. The first-order valence-electron chi connectivity index (χ1n) is 8.51. The molecule has 0 radical (unpaired) electrons. The standard InChI is InChI=1S/C22H18N2S/c1-22(2,3)13-8-9-14-16(10-13)20-17(11-23-12-24-20)19-15-6-4-5-7-18(15)25-21(14)19/h4-12H,1-3H3. The summed E-state index contributed by atoms with van der Waals surface area (Å²) >= 11 is 1.86. The van der Waals surface area contributed by atoms with Crippen LogP contribution in [0.2, 0.25) is 0 Å². The largest absolute Gasteiger partial charge is 0.244 e. The van der Waals surface area contributed by atoms with E-state index in [2.05, 4.69) is 73.2 Å². The van der Waals surface area contributed by atoms with Gasteiger partial charge in [0.25, 0.3) is 0 Å². The molecule has 0 aliphatic heterocycles. The fourth-order valence-electron chi connectivity index (χ4n) is 3.63. The van der Waals surface area contributed by atoms with Crippen molar-refractivity contribution in [2.75, 3.05) is 0 Å². The van der Waals surface area contributed by atoms with E-state index in [1.807, 2.05) is 17.5 Å². The molecular formula is C22H18N2S. The maximum atomic E-state index is 4.66. The van der Waals surface area contributed by atoms with Gasteiger partial charge < -0.3 is 0 Å². The second-order valence-corrected chi connectivity index (χ2v) is 8.65. The van der Waals surface area contributed by atoms with Crippen LogP contribution in [0.25, 0.3) is 41.8 Å². The lowest BCUT2D eigenvalue weighted by atomic mass is 9.85. The fraction of sp³-hybridized carbons (Fsp3) is 0.182. The van der Waals surface area contributed by atoms with Gasteiger partial charge in [-0.1, -0.05) is 51.1 Å². The van der Waals surface area contributed by atoms with Crippen molar-refractivity contribution >= 4 is 53.2 Å². The van der Waals surface area contributed by atoms with Crippen molar-refractivity contribution in [1.29, 1.82) is 0 Å². The number of aromatic nitrogens is 2. The Morgan fingerprint density at radius 2 is 1.72 bits per heavy atom. The lowest BCUT2D eigenvalue weighted by Gasteiger charge is -2.20. The first kappa shape index (κ1) is 14.8. The second-order valence-electron chi connectivity index (χ2n) is 7.60. The molecule has 0 N–H and O–H groups in total. The predicted octanol–water partition coefficient (Wildman–Crippen LogP) is 6.45. The minimum Gasteiger partial charge on any atom is -0.244 e. The molecule has 0 fully saturated rings. The lowest BCUT2D eigenvalue weighted by molar-refractivity contribution is 0.591. The predicted molar refractivity (Wildman–Crippen MR) is 109 cm³/mol. The molecule has 0 spiro atoms. The van der Waals surface area contributed by atoms with Crippen LogP contribution in [0.3, 0.4) is 0 Å². The van der Waals surface area contributed by atoms with Gasteiger partial charge >= 0.3 is 0 Å². The van der Waals surface area contributed by atoms with Gasteiger partial charge in [-0.15, -0.1) is 11.3 Å². The highest BCUT2D eigenvalue weighted by atomic mass is 32.1. The van der Waals surface area contributed by atoms with Crippen molar-refractivity contribution in [2.45, 2.75) is 26.2 Å². The van der Waals surface area contributed by atoms with Crippen LogP contribution in [0, 0.1) is 0 Å². The van der Waals surface area contributed by atoms with E-state index >= 15 is 0 Å². The van der Waals surface area contributed by atoms with E-state index in [0.717, 1.165) is 10.9 Å². The van der Waals surface area contributed by atoms with Crippen LogP contribution in [0.4, 0.5) is 0 Å². The Labute approximate surface area is 150 Å². The molecule has 0 saturated carbocycles. The summed E-state index contributed by atoms with van der Waals surface area (Å²) in [4.78, 5) is 8.98. The minimum atomic E-state index is 0.114. The molecule has 0 bridgehead atoms. The zero-order valence-electron chi connectivity index (χ0n) is 14.5. The summed E-state index contributed by atoms with van der Waals surface area (Å²) < 4.78 is 2.65. The Morgan fingerprint density at radius 3 is 2.56 bits per heavy atom. The molecule has 2 nitrogen and oxygen atoms in total. The quantitative estimate of drug-likeness (QED) is 0.302. The van der Waals surface area contributed by atoms with Crippen molar-refractivity contribution in [1.82, 2.24) is 9.97 Å². The molecule has 0 unspecified atom stereocenters. The normalized spacial score (nSPS) is 12.6. The third kappa shape index (κ3) is 2.09. The summed E-state index contributed by atoms with van der Waals surface area (Å²) in [6, 6.07) is 15.5. The Morgan fingerprint density at radius 1 is 0.880 bits per heavy atom. The first-order chi connectivity index (χ1) is 12.0. The van der Waals surface area contributed by atoms with Crippen LogP contribution in [0.5, 0.6) is 0 Å². The molecule has 3 heteroatoms. The van der Waals surface area contributed by atoms with E-state index in [1.54, 1.807) is 6.33 Å². The van der Waals surface area contributed by atoms with Gasteiger partial charge in [0.1, 0.15) is 6.33 Å². The lowest BCUT2D eigenvalue weighted by Crippen LogP contribution is -2.10. The Balaban J connectivity index is 2.08. The molecule has 2 aromatic heterocycles. The summed E-state index contributed by atoms with van der Waals surface area (Å²) in [5.41, 5.74) is 2.50. The van der Waals surface area contributed by atoms with Crippen LogP contribution in [-0.4, -0.2) is 9.97 Å². The number of fused-ring (bicyclic) bond motifs is 8. The van der Waals surface area contributed by atoms with Crippen molar-refractivity contribution in [2.24, 2.45) is 0 Å². The summed E-state index contributed by atoms with van der Waals surface area (Å²) in [5, 5.41) is 6.24. The van der Waals surface area contributed by atoms with Crippen molar-refractivity contribution in [3.63, 3.8) is 0 Å². The highest BCUT2D eigenvalue weighted by Crippen LogP contribution is 2.43. The van der Waals surface area contributed by atoms with Gasteiger partial charge in [-0.05, 0) is 23.1 Å². The van der Waals surface area contributed by atoms with Gasteiger partial charge in [0.2, 0.25) is 0 Å². The van der Waals surface area contributed by atoms with Gasteiger partial charge in [-0.25, -0.2) is 9.97 Å². The summed E-state index contributed by atoms with van der Waals surface area (Å²) in [7, 11) is 0. The summed E-state index contributed by atoms with van der Waals surface area (Å²) in [6.07, 6.45) is 3.62. The van der Waals surface area contributed by atoms with Crippen molar-refractivity contribution in [3.05, 3.63) is 60.6 Å². The zero-order valence-corrected chi connectivity index (χ0v) is 15.3. The Bertz CT molecular complexity index is 1280. The van der Waals surface area contributed by atoms with Crippen LogP contribution >= 0.6 is 11.3 Å². The number of nitrogens with zero attached hydrogens (tertiary/aromatic N) is 2. The minimum absolute atomic E-state index is 0.114. The number of hydrogen-bond acceptors (Lipinski definition) is 3. The topological polar surface area (TPSA) is 25.8 Å². The average Bonchev–Trinajstić information content (AvgIpc) is 3.00. The number of thiophene rings is 1. The second kappa shape index (κ2) is 4.99. The van der Waals surface area contributed by atoms with Crippen LogP contribution < -0.4 is 0 Å². The SMILES string of the molecule is CC(C)(C)c1ccc2c(c1)c1ncncc1c1c3ccccc3sc21. The van der Waals surface area contributed by atoms with Crippen molar-refractivity contribution in [3.8, 4) is 0 Å². The molecule has 25 heavy (non-hydrogen) atoms. The van der Waals surface area contributed by atoms with Gasteiger partial charge in [0.05, 0.1) is 5.52 Å². The average molecular weight is 342 g/mol. The molecule has 0 aliphatic rings. The van der Waals surface area contributed by atoms with Crippen LogP contribution in [0.1, 0.15) is 26.3 Å². The van der Waals surface area contributed by atoms with Gasteiger partial charge in [-0.2, -0.15) is 0 Å². The van der Waals surface area contributed by atoms with E-state index in [-0.39, 0.29) is 5.41 Å². The molecule has 3 aromatic carbocycles. The molecule has 0 amide bonds. The number of rotatable bonds is 0. The molecule has 2 heterocycles. The summed E-state index contributed by atoms with van der Waals surface area (Å²) in [5.74, 6) is 0. The van der Waals surface area contributed by atoms with E-state index in [9.17, 15) is 0 Å². The van der Waals surface area contributed by atoms with E-state index in [0.29, 0.717) is 0 Å². The van der Waals surface area contributed by atoms with E-state index in [1.165, 1.54) is 36.5 Å². The summed E-state index contributed by atoms with van der Waals surface area (Å²) in [6.45, 7) is 6.76. The van der Waals surface area contributed by atoms with Crippen LogP contribution in [0.15, 0.2) is 55.0 Å². The maximum absolute atomic E-state index is 4.66. The molecule has 5 aromatic rings. The van der Waals surface area contributed by atoms with E-state index < -0.39 is 0 Å². The highest BCUT2D eigenvalue weighted by molar-refractivity contribution is 7.27. The highest BCUT2D eigenvalue weighted by Gasteiger charge is 2.18. The monoisotopic (exact) mass is 342 g/mol. The molecular weight excluding hydrogens is 324 g/mol. The maximum Gasteiger partial charge on any atom is 0.116 e. The molecule has 5 rings (SSSR count). The van der Waals surface area contributed by atoms with Gasteiger partial charge in [0.15, 0.2) is 0 Å². The number of benzene rings is 3. The van der Waals surface area contributed by atoms with Gasteiger partial charge in [-0.3, -0.25) is 0 Å². The molecule has 0 atom stereocenters. The van der Waals surface area contributed by atoms with Gasteiger partial charge in [0, 0.05) is 42.5 Å². The van der Waals surface area contributed by atoms with E-state index in [4.69, 9.17) is 0 Å². The third-order valence-corrected chi connectivity index (χ3v) is 6.17. The van der Waals surface area contributed by atoms with Crippen LogP contribution in [-0.2, 0) is 5.41 Å². The number of hydrogen-bond donors (Lipinski definition) is 0. The Kier molecular flexibility index (Phi) is 2.95.